The summed E-state index contributed by atoms with van der Waals surface area (Å²) in [7, 11) is 0. The van der Waals surface area contributed by atoms with E-state index in [-0.39, 0.29) is 0 Å². The Bertz CT molecular complexity index is 692. The number of benzene rings is 1. The van der Waals surface area contributed by atoms with Gasteiger partial charge in [0.2, 0.25) is 0 Å². The first-order valence-electron chi connectivity index (χ1n) is 7.08. The normalized spacial score (nSPS) is 24.4. The summed E-state index contributed by atoms with van der Waals surface area (Å²) >= 11 is 0. The van der Waals surface area contributed by atoms with E-state index in [1.165, 1.54) is 34.1 Å². The summed E-state index contributed by atoms with van der Waals surface area (Å²) in [5, 5.41) is 4.85. The molecule has 4 rings (SSSR count). The van der Waals surface area contributed by atoms with E-state index in [0.717, 1.165) is 18.5 Å². The molecule has 20 heavy (non-hydrogen) atoms. The van der Waals surface area contributed by atoms with Gasteiger partial charge < -0.3 is 15.9 Å². The average molecular weight is 271 g/mol. The van der Waals surface area contributed by atoms with Gasteiger partial charge in [-0.25, -0.2) is 4.79 Å². The Morgan fingerprint density at radius 2 is 2.35 bits per heavy atom. The number of fused-ring (bicyclic) bond motifs is 2. The van der Waals surface area contributed by atoms with Gasteiger partial charge in [-0.2, -0.15) is 4.73 Å². The minimum atomic E-state index is -0.784. The molecule has 1 amide bonds. The maximum absolute atomic E-state index is 11.0. The monoisotopic (exact) mass is 271 g/mol. The van der Waals surface area contributed by atoms with Crippen molar-refractivity contribution in [1.29, 1.82) is 0 Å². The van der Waals surface area contributed by atoms with Crippen molar-refractivity contribution in [2.75, 3.05) is 6.54 Å². The summed E-state index contributed by atoms with van der Waals surface area (Å²) in [4.78, 5) is 16.1. The van der Waals surface area contributed by atoms with Crippen LogP contribution in [0.2, 0.25) is 0 Å². The molecule has 2 heterocycles. The third-order valence-corrected chi connectivity index (χ3v) is 4.52. The first-order valence-corrected chi connectivity index (χ1v) is 7.08. The number of rotatable bonds is 1. The van der Waals surface area contributed by atoms with E-state index < -0.39 is 6.09 Å². The highest BCUT2D eigenvalue weighted by Gasteiger charge is 2.33. The molecule has 1 aliphatic heterocycles. The second kappa shape index (κ2) is 4.24. The van der Waals surface area contributed by atoms with Crippen LogP contribution in [-0.2, 0) is 6.42 Å². The number of hydrogen-bond donors (Lipinski definition) is 2. The number of piperidine rings is 1. The fourth-order valence-electron chi connectivity index (χ4n) is 3.78. The maximum atomic E-state index is 11.0. The van der Waals surface area contributed by atoms with Gasteiger partial charge in [-0.05, 0) is 43.0 Å². The van der Waals surface area contributed by atoms with E-state index in [2.05, 4.69) is 11.4 Å². The fraction of sp³-hybridized carbons (Fsp3) is 0.400. The lowest BCUT2D eigenvalue weighted by Gasteiger charge is -2.36. The van der Waals surface area contributed by atoms with Crippen LogP contribution in [0.5, 0.6) is 0 Å². The van der Waals surface area contributed by atoms with Gasteiger partial charge in [-0.3, -0.25) is 0 Å². The zero-order chi connectivity index (χ0) is 13.7. The lowest BCUT2D eigenvalue weighted by Crippen LogP contribution is -2.43. The molecule has 2 unspecified atom stereocenters. The standard InChI is InChI=1S/C15H17N3O2/c16-15(19)20-18-8-9-7-12-10(4-2-6-17-12)11-3-1-5-13(18)14(9)11/h1,3,5,8,10,12,17H,2,4,6-7H2,(H2,16,19). The van der Waals surface area contributed by atoms with Crippen LogP contribution in [0.1, 0.15) is 29.9 Å². The SMILES string of the molecule is NC(=O)On1cc2c3c(cccc31)C1CCCNC1C2. The van der Waals surface area contributed by atoms with Crippen LogP contribution in [0.3, 0.4) is 0 Å². The van der Waals surface area contributed by atoms with Gasteiger partial charge >= 0.3 is 6.09 Å². The van der Waals surface area contributed by atoms with Gasteiger partial charge in [0.15, 0.2) is 0 Å². The molecule has 2 aromatic rings. The van der Waals surface area contributed by atoms with Crippen molar-refractivity contribution in [1.82, 2.24) is 10.0 Å². The van der Waals surface area contributed by atoms with Gasteiger partial charge in [-0.1, -0.05) is 12.1 Å². The largest absolute Gasteiger partial charge is 0.429 e. The van der Waals surface area contributed by atoms with Gasteiger partial charge in [0.1, 0.15) is 0 Å². The Labute approximate surface area is 116 Å². The molecule has 2 aliphatic rings. The number of hydrogen-bond acceptors (Lipinski definition) is 3. The van der Waals surface area contributed by atoms with Crippen LogP contribution in [0.25, 0.3) is 10.9 Å². The van der Waals surface area contributed by atoms with Crippen molar-refractivity contribution in [2.45, 2.75) is 31.2 Å². The smallest absolute Gasteiger partial charge is 0.333 e. The molecule has 5 nitrogen and oxygen atoms in total. The van der Waals surface area contributed by atoms with Crippen LogP contribution in [-0.4, -0.2) is 23.4 Å². The zero-order valence-electron chi connectivity index (χ0n) is 11.1. The number of nitrogens with zero attached hydrogens (tertiary/aromatic N) is 1. The predicted molar refractivity (Wildman–Crippen MR) is 75.6 cm³/mol. The Morgan fingerprint density at radius 1 is 1.45 bits per heavy atom. The number of nitrogens with two attached hydrogens (primary N) is 1. The van der Waals surface area contributed by atoms with Crippen molar-refractivity contribution >= 4 is 17.0 Å². The summed E-state index contributed by atoms with van der Waals surface area (Å²) in [6.45, 7) is 1.09. The lowest BCUT2D eigenvalue weighted by molar-refractivity contribution is 0.148. The van der Waals surface area contributed by atoms with Crippen molar-refractivity contribution in [2.24, 2.45) is 5.73 Å². The lowest BCUT2D eigenvalue weighted by atomic mass is 9.76. The Morgan fingerprint density at radius 3 is 3.20 bits per heavy atom. The molecular weight excluding hydrogens is 254 g/mol. The number of amides is 1. The Kier molecular flexibility index (Phi) is 2.50. The number of nitrogens with one attached hydrogen (secondary N) is 1. The molecule has 1 aromatic carbocycles. The third-order valence-electron chi connectivity index (χ3n) is 4.52. The third kappa shape index (κ3) is 1.63. The molecule has 0 spiro atoms. The van der Waals surface area contributed by atoms with Crippen molar-refractivity contribution in [3.8, 4) is 0 Å². The first-order chi connectivity index (χ1) is 9.74. The highest BCUT2D eigenvalue weighted by Crippen LogP contribution is 2.41. The molecule has 1 saturated heterocycles. The van der Waals surface area contributed by atoms with Crippen LogP contribution in [0.4, 0.5) is 4.79 Å². The highest BCUT2D eigenvalue weighted by atomic mass is 16.7. The topological polar surface area (TPSA) is 69.3 Å². The number of carbonyl (C=O) groups excluding carboxylic acids is 1. The second-order valence-corrected chi connectivity index (χ2v) is 5.65. The summed E-state index contributed by atoms with van der Waals surface area (Å²) in [5.41, 5.74) is 8.67. The van der Waals surface area contributed by atoms with Crippen LogP contribution < -0.4 is 15.9 Å². The molecule has 2 atom stereocenters. The zero-order valence-corrected chi connectivity index (χ0v) is 11.1. The van der Waals surface area contributed by atoms with Gasteiger partial charge in [0.05, 0.1) is 5.52 Å². The van der Waals surface area contributed by atoms with E-state index in [1.54, 1.807) is 0 Å². The van der Waals surface area contributed by atoms with Gasteiger partial charge in [0, 0.05) is 23.5 Å². The summed E-state index contributed by atoms with van der Waals surface area (Å²) in [5.74, 6) is 0.560. The van der Waals surface area contributed by atoms with Gasteiger partial charge in [-0.15, -0.1) is 0 Å². The molecule has 0 bridgehead atoms. The second-order valence-electron chi connectivity index (χ2n) is 5.65. The molecule has 0 radical (unpaired) electrons. The van der Waals surface area contributed by atoms with Crippen LogP contribution >= 0.6 is 0 Å². The molecule has 0 saturated carbocycles. The average Bonchev–Trinajstić information content (AvgIpc) is 2.78. The molecule has 1 aliphatic carbocycles. The van der Waals surface area contributed by atoms with E-state index >= 15 is 0 Å². The van der Waals surface area contributed by atoms with E-state index in [4.69, 9.17) is 10.6 Å². The number of primary amides is 1. The van der Waals surface area contributed by atoms with E-state index in [9.17, 15) is 4.79 Å². The number of aromatic nitrogens is 1. The first kappa shape index (κ1) is 11.8. The molecular formula is C15H17N3O2. The maximum Gasteiger partial charge on any atom is 0.429 e. The van der Waals surface area contributed by atoms with Crippen LogP contribution in [0, 0.1) is 0 Å². The predicted octanol–water partition coefficient (Wildman–Crippen LogP) is 1.54. The van der Waals surface area contributed by atoms with Crippen molar-refractivity contribution < 1.29 is 9.63 Å². The number of carbonyl (C=O) groups is 1. The molecule has 1 aromatic heterocycles. The molecule has 3 N–H and O–H groups in total. The van der Waals surface area contributed by atoms with E-state index in [1.807, 2.05) is 18.3 Å². The van der Waals surface area contributed by atoms with Crippen molar-refractivity contribution in [3.05, 3.63) is 35.5 Å². The van der Waals surface area contributed by atoms with Crippen molar-refractivity contribution in [3.63, 3.8) is 0 Å². The van der Waals surface area contributed by atoms with Crippen LogP contribution in [0.15, 0.2) is 24.4 Å². The quantitative estimate of drug-likeness (QED) is 0.826. The highest BCUT2D eigenvalue weighted by molar-refractivity contribution is 5.89. The molecule has 104 valence electrons. The Balaban J connectivity index is 1.90. The Hall–Kier alpha value is -2.01. The summed E-state index contributed by atoms with van der Waals surface area (Å²) in [6.07, 6.45) is 4.52. The summed E-state index contributed by atoms with van der Waals surface area (Å²) < 4.78 is 1.51. The van der Waals surface area contributed by atoms with Gasteiger partial charge in [0.25, 0.3) is 0 Å². The van der Waals surface area contributed by atoms with E-state index in [0.29, 0.717) is 12.0 Å². The molecule has 5 heteroatoms. The summed E-state index contributed by atoms with van der Waals surface area (Å²) in [6, 6.07) is 6.69. The minimum Gasteiger partial charge on any atom is -0.333 e. The molecule has 1 fully saturated rings. The minimum absolute atomic E-state index is 0.492. The fourth-order valence-corrected chi connectivity index (χ4v) is 3.78.